The van der Waals surface area contributed by atoms with Gasteiger partial charge in [-0.1, -0.05) is 19.1 Å². The van der Waals surface area contributed by atoms with Crippen molar-refractivity contribution in [3.63, 3.8) is 0 Å². The number of aliphatic carboxylic acids is 1. The van der Waals surface area contributed by atoms with Gasteiger partial charge in [-0.05, 0) is 18.2 Å². The van der Waals surface area contributed by atoms with Crippen molar-refractivity contribution in [1.82, 2.24) is 19.3 Å². The predicted molar refractivity (Wildman–Crippen MR) is 79.9 cm³/mol. The van der Waals surface area contributed by atoms with Crippen LogP contribution in [0.3, 0.4) is 0 Å². The van der Waals surface area contributed by atoms with Crippen LogP contribution in [0.1, 0.15) is 20.3 Å². The summed E-state index contributed by atoms with van der Waals surface area (Å²) in [6, 6.07) is 4.57. The van der Waals surface area contributed by atoms with Crippen molar-refractivity contribution in [2.24, 2.45) is 0 Å². The molecule has 2 aromatic rings. The molecule has 1 N–H and O–H groups in total. The molecule has 120 valence electrons. The molecule has 2 rings (SSSR count). The van der Waals surface area contributed by atoms with Gasteiger partial charge in [-0.15, -0.1) is 5.10 Å². The minimum atomic E-state index is -3.55. The number of sulfonamides is 1. The van der Waals surface area contributed by atoms with E-state index in [9.17, 15) is 13.2 Å². The third-order valence-electron chi connectivity index (χ3n) is 3.37. The van der Waals surface area contributed by atoms with Gasteiger partial charge in [0, 0.05) is 13.1 Å². The van der Waals surface area contributed by atoms with E-state index in [2.05, 4.69) is 10.3 Å². The Morgan fingerprint density at radius 1 is 1.32 bits per heavy atom. The molecule has 8 nitrogen and oxygen atoms in total. The summed E-state index contributed by atoms with van der Waals surface area (Å²) in [4.78, 5) is 10.8. The summed E-state index contributed by atoms with van der Waals surface area (Å²) in [6.45, 7) is 4.53. The molecule has 0 bridgehead atoms. The summed E-state index contributed by atoms with van der Waals surface area (Å²) in [5.41, 5.74) is 1.04. The summed E-state index contributed by atoms with van der Waals surface area (Å²) in [5, 5.41) is 16.5. The Morgan fingerprint density at radius 2 is 2.00 bits per heavy atom. The number of fused-ring (bicyclic) bond motifs is 1. The highest BCUT2D eigenvalue weighted by Crippen LogP contribution is 2.20. The van der Waals surface area contributed by atoms with Crippen LogP contribution >= 0.6 is 0 Å². The van der Waals surface area contributed by atoms with Crippen molar-refractivity contribution in [1.29, 1.82) is 0 Å². The number of nitrogens with zero attached hydrogens (tertiary/aromatic N) is 4. The first kappa shape index (κ1) is 16.4. The number of benzene rings is 1. The van der Waals surface area contributed by atoms with Crippen LogP contribution in [0, 0.1) is 0 Å². The Hall–Kier alpha value is -2.00. The normalized spacial score (nSPS) is 12.1. The zero-order chi connectivity index (χ0) is 16.3. The van der Waals surface area contributed by atoms with Crippen LogP contribution in [0.5, 0.6) is 0 Å². The predicted octanol–water partition coefficient (Wildman–Crippen LogP) is 0.936. The molecule has 0 atom stereocenters. The van der Waals surface area contributed by atoms with Gasteiger partial charge in [-0.3, -0.25) is 4.79 Å². The van der Waals surface area contributed by atoms with E-state index < -0.39 is 16.0 Å². The molecule has 1 aromatic carbocycles. The first-order chi connectivity index (χ1) is 10.4. The van der Waals surface area contributed by atoms with E-state index in [0.29, 0.717) is 24.1 Å². The lowest BCUT2D eigenvalue weighted by Gasteiger charge is -2.18. The van der Waals surface area contributed by atoms with Crippen molar-refractivity contribution in [3.8, 4) is 0 Å². The highest BCUT2D eigenvalue weighted by molar-refractivity contribution is 7.89. The molecule has 0 aliphatic heterocycles. The molecule has 22 heavy (non-hydrogen) atoms. The summed E-state index contributed by atoms with van der Waals surface area (Å²) >= 11 is 0. The molecule has 9 heteroatoms. The summed E-state index contributed by atoms with van der Waals surface area (Å²) < 4.78 is 27.7. The fourth-order valence-electron chi connectivity index (χ4n) is 2.19. The number of hydrogen-bond acceptors (Lipinski definition) is 5. The lowest BCUT2D eigenvalue weighted by atomic mass is 10.3. The van der Waals surface area contributed by atoms with Crippen molar-refractivity contribution in [2.75, 3.05) is 13.1 Å². The van der Waals surface area contributed by atoms with E-state index in [1.807, 2.05) is 0 Å². The third kappa shape index (κ3) is 3.09. The molecular weight excluding hydrogens is 308 g/mol. The highest BCUT2D eigenvalue weighted by Gasteiger charge is 2.22. The lowest BCUT2D eigenvalue weighted by Crippen LogP contribution is -2.30. The Morgan fingerprint density at radius 3 is 2.59 bits per heavy atom. The summed E-state index contributed by atoms with van der Waals surface area (Å²) in [6.07, 6.45) is -0.0715. The second-order valence-electron chi connectivity index (χ2n) is 4.70. The van der Waals surface area contributed by atoms with Gasteiger partial charge in [0.2, 0.25) is 10.0 Å². The zero-order valence-corrected chi connectivity index (χ0v) is 13.2. The SMILES string of the molecule is CCN(CC)S(=O)(=O)c1ccc2c(c1)nnn2CCC(=O)O. The van der Waals surface area contributed by atoms with Gasteiger partial charge in [0.15, 0.2) is 0 Å². The van der Waals surface area contributed by atoms with Gasteiger partial charge >= 0.3 is 5.97 Å². The van der Waals surface area contributed by atoms with Gasteiger partial charge in [0.1, 0.15) is 5.52 Å². The summed E-state index contributed by atoms with van der Waals surface area (Å²) in [5.74, 6) is -0.926. The van der Waals surface area contributed by atoms with Crippen LogP contribution in [0.4, 0.5) is 0 Å². The van der Waals surface area contributed by atoms with Crippen LogP contribution < -0.4 is 0 Å². The minimum absolute atomic E-state index is 0.0715. The van der Waals surface area contributed by atoms with Gasteiger partial charge in [0.25, 0.3) is 0 Å². The molecule has 0 unspecified atom stereocenters. The largest absolute Gasteiger partial charge is 0.481 e. The molecule has 0 radical (unpaired) electrons. The Balaban J connectivity index is 2.38. The molecular formula is C13H18N4O4S. The fraction of sp³-hybridized carbons (Fsp3) is 0.462. The molecule has 1 aromatic heterocycles. The van der Waals surface area contributed by atoms with Gasteiger partial charge in [0.05, 0.1) is 23.4 Å². The van der Waals surface area contributed by atoms with Crippen molar-refractivity contribution in [2.45, 2.75) is 31.7 Å². The van der Waals surface area contributed by atoms with Crippen LogP contribution in [0.2, 0.25) is 0 Å². The Bertz CT molecular complexity index is 780. The molecule has 0 saturated heterocycles. The Kier molecular flexibility index (Phi) is 4.77. The summed E-state index contributed by atoms with van der Waals surface area (Å²) in [7, 11) is -3.55. The second kappa shape index (κ2) is 6.41. The minimum Gasteiger partial charge on any atom is -0.481 e. The molecule has 0 aliphatic carbocycles. The molecule has 0 saturated carbocycles. The van der Waals surface area contributed by atoms with Gasteiger partial charge in [-0.25, -0.2) is 13.1 Å². The van der Waals surface area contributed by atoms with Crippen molar-refractivity contribution >= 4 is 27.0 Å². The van der Waals surface area contributed by atoms with Crippen molar-refractivity contribution < 1.29 is 18.3 Å². The monoisotopic (exact) mass is 326 g/mol. The standard InChI is InChI=1S/C13H18N4O4S/c1-3-16(4-2)22(20,21)10-5-6-12-11(9-10)14-15-17(12)8-7-13(18)19/h5-6,9H,3-4,7-8H2,1-2H3,(H,18,19). The number of aryl methyl sites for hydroxylation is 1. The fourth-order valence-corrected chi connectivity index (χ4v) is 3.67. The smallest absolute Gasteiger partial charge is 0.305 e. The van der Waals surface area contributed by atoms with E-state index in [0.717, 1.165) is 0 Å². The van der Waals surface area contributed by atoms with Crippen LogP contribution in [0.15, 0.2) is 23.1 Å². The number of aromatic nitrogens is 3. The molecule has 0 aliphatic rings. The first-order valence-electron chi connectivity index (χ1n) is 6.95. The second-order valence-corrected chi connectivity index (χ2v) is 6.63. The molecule has 0 spiro atoms. The number of rotatable bonds is 7. The Labute approximate surface area is 128 Å². The number of carboxylic acid groups (broad SMARTS) is 1. The van der Waals surface area contributed by atoms with E-state index in [1.165, 1.54) is 21.1 Å². The van der Waals surface area contributed by atoms with E-state index in [-0.39, 0.29) is 17.9 Å². The zero-order valence-electron chi connectivity index (χ0n) is 12.4. The number of carbonyl (C=O) groups is 1. The number of hydrogen-bond donors (Lipinski definition) is 1. The van der Waals surface area contributed by atoms with E-state index in [4.69, 9.17) is 5.11 Å². The van der Waals surface area contributed by atoms with Crippen LogP contribution in [-0.4, -0.2) is 51.9 Å². The lowest BCUT2D eigenvalue weighted by molar-refractivity contribution is -0.137. The maximum atomic E-state index is 12.5. The molecule has 0 fully saturated rings. The highest BCUT2D eigenvalue weighted by atomic mass is 32.2. The van der Waals surface area contributed by atoms with Crippen LogP contribution in [0.25, 0.3) is 11.0 Å². The van der Waals surface area contributed by atoms with Crippen molar-refractivity contribution in [3.05, 3.63) is 18.2 Å². The maximum absolute atomic E-state index is 12.5. The quantitative estimate of drug-likeness (QED) is 0.811. The van der Waals surface area contributed by atoms with E-state index in [1.54, 1.807) is 19.9 Å². The molecule has 0 amide bonds. The molecule has 1 heterocycles. The van der Waals surface area contributed by atoms with Gasteiger partial charge in [-0.2, -0.15) is 4.31 Å². The van der Waals surface area contributed by atoms with E-state index >= 15 is 0 Å². The third-order valence-corrected chi connectivity index (χ3v) is 5.41. The average Bonchev–Trinajstić information content (AvgIpc) is 2.88. The average molecular weight is 326 g/mol. The topological polar surface area (TPSA) is 105 Å². The van der Waals surface area contributed by atoms with Crippen LogP contribution in [-0.2, 0) is 21.4 Å². The maximum Gasteiger partial charge on any atom is 0.305 e. The van der Waals surface area contributed by atoms with Gasteiger partial charge < -0.3 is 5.11 Å². The number of carboxylic acids is 1. The first-order valence-corrected chi connectivity index (χ1v) is 8.39.